The van der Waals surface area contributed by atoms with Gasteiger partial charge in [0.1, 0.15) is 5.75 Å². The molecule has 1 nitrogen and oxygen atoms in total. The Balaban J connectivity index is 2.30. The summed E-state index contributed by atoms with van der Waals surface area (Å²) >= 11 is 0. The van der Waals surface area contributed by atoms with Crippen molar-refractivity contribution in [2.45, 2.75) is 25.4 Å². The summed E-state index contributed by atoms with van der Waals surface area (Å²) in [5.41, 5.74) is -1.44. The summed E-state index contributed by atoms with van der Waals surface area (Å²) in [5, 5.41) is 0. The van der Waals surface area contributed by atoms with E-state index in [2.05, 4.69) is 0 Å². The van der Waals surface area contributed by atoms with Crippen molar-refractivity contribution in [3.63, 3.8) is 0 Å². The van der Waals surface area contributed by atoms with E-state index in [-0.39, 0.29) is 5.56 Å². The Morgan fingerprint density at radius 3 is 1.82 bits per heavy atom. The van der Waals surface area contributed by atoms with E-state index in [1.807, 2.05) is 0 Å². The van der Waals surface area contributed by atoms with Crippen LogP contribution in [-0.4, -0.2) is 12.8 Å². The molecule has 0 heterocycles. The molecule has 9 heteroatoms. The Labute approximate surface area is 155 Å². The van der Waals surface area contributed by atoms with Crippen LogP contribution < -0.4 is 4.74 Å². The zero-order valence-electron chi connectivity index (χ0n) is 14.4. The van der Waals surface area contributed by atoms with Crippen LogP contribution in [0, 0.1) is 29.1 Å². The normalized spacial score (nSPS) is 13.2. The first-order valence-electron chi connectivity index (χ1n) is 8.05. The van der Waals surface area contributed by atoms with Gasteiger partial charge in [0.15, 0.2) is 23.3 Å². The summed E-state index contributed by atoms with van der Waals surface area (Å²) < 4.78 is 112. The van der Waals surface area contributed by atoms with Crippen molar-refractivity contribution in [1.82, 2.24) is 0 Å². The van der Waals surface area contributed by atoms with E-state index >= 15 is 0 Å². The van der Waals surface area contributed by atoms with Crippen LogP contribution in [0.2, 0.25) is 0 Å². The monoisotopic (exact) mass is 410 g/mol. The lowest BCUT2D eigenvalue weighted by Crippen LogP contribution is -2.20. The zero-order valence-corrected chi connectivity index (χ0v) is 14.4. The van der Waals surface area contributed by atoms with Gasteiger partial charge in [-0.25, -0.2) is 22.0 Å². The quantitative estimate of drug-likeness (QED) is 0.299. The molecule has 0 N–H and O–H groups in total. The van der Waals surface area contributed by atoms with Crippen LogP contribution in [0.15, 0.2) is 30.3 Å². The van der Waals surface area contributed by atoms with Crippen molar-refractivity contribution in [2.24, 2.45) is 0 Å². The van der Waals surface area contributed by atoms with E-state index in [1.54, 1.807) is 6.92 Å². The van der Waals surface area contributed by atoms with Crippen molar-refractivity contribution in [2.75, 3.05) is 6.61 Å². The van der Waals surface area contributed by atoms with Gasteiger partial charge in [-0.3, -0.25) is 0 Å². The number of hydrogen-bond donors (Lipinski definition) is 0. The largest absolute Gasteiger partial charge is 0.494 e. The van der Waals surface area contributed by atoms with Gasteiger partial charge in [0.05, 0.1) is 18.1 Å². The first-order chi connectivity index (χ1) is 13.1. The minimum absolute atomic E-state index is 0.141. The molecule has 0 aliphatic heterocycles. The van der Waals surface area contributed by atoms with Gasteiger partial charge in [-0.2, -0.15) is 13.2 Å². The SMILES string of the molecule is CCOc1ccc(C(C/C=C\c2c(F)c(F)c(F)c(F)c2F)C(F)(F)F)cc1. The summed E-state index contributed by atoms with van der Waals surface area (Å²) in [6, 6.07) is 5.06. The molecule has 0 aliphatic rings. The van der Waals surface area contributed by atoms with Crippen LogP contribution in [0.1, 0.15) is 30.4 Å². The number of rotatable bonds is 6. The van der Waals surface area contributed by atoms with Crippen molar-refractivity contribution < 1.29 is 39.9 Å². The number of halogens is 8. The Morgan fingerprint density at radius 1 is 0.857 bits per heavy atom. The average molecular weight is 410 g/mol. The molecule has 0 spiro atoms. The maximum Gasteiger partial charge on any atom is 0.396 e. The first-order valence-corrected chi connectivity index (χ1v) is 8.05. The van der Waals surface area contributed by atoms with Gasteiger partial charge >= 0.3 is 6.18 Å². The molecule has 0 bridgehead atoms. The maximum absolute atomic E-state index is 13.6. The number of allylic oxidation sites excluding steroid dienone is 1. The van der Waals surface area contributed by atoms with Crippen LogP contribution >= 0.6 is 0 Å². The highest BCUT2D eigenvalue weighted by atomic mass is 19.4. The fourth-order valence-electron chi connectivity index (χ4n) is 2.51. The van der Waals surface area contributed by atoms with Gasteiger partial charge in [0, 0.05) is 0 Å². The lowest BCUT2D eigenvalue weighted by Gasteiger charge is -2.19. The molecule has 0 radical (unpaired) electrons. The number of benzene rings is 2. The second-order valence-electron chi connectivity index (χ2n) is 5.72. The molecule has 0 saturated heterocycles. The van der Waals surface area contributed by atoms with Crippen molar-refractivity contribution in [3.05, 3.63) is 70.6 Å². The summed E-state index contributed by atoms with van der Waals surface area (Å²) in [4.78, 5) is 0. The van der Waals surface area contributed by atoms with Crippen LogP contribution in [0.5, 0.6) is 5.75 Å². The van der Waals surface area contributed by atoms with Crippen LogP contribution in [0.4, 0.5) is 35.1 Å². The molecular formula is C19H14F8O. The summed E-state index contributed by atoms with van der Waals surface area (Å²) in [5.74, 6) is -12.6. The highest BCUT2D eigenvalue weighted by molar-refractivity contribution is 5.51. The fraction of sp³-hybridized carbons (Fsp3) is 0.263. The van der Waals surface area contributed by atoms with Crippen molar-refractivity contribution in [1.29, 1.82) is 0 Å². The molecule has 2 rings (SSSR count). The van der Waals surface area contributed by atoms with E-state index in [1.165, 1.54) is 24.3 Å². The van der Waals surface area contributed by atoms with E-state index < -0.39 is 53.2 Å². The molecule has 1 unspecified atom stereocenters. The van der Waals surface area contributed by atoms with Gasteiger partial charge in [0.2, 0.25) is 5.82 Å². The molecule has 2 aromatic carbocycles. The number of hydrogen-bond acceptors (Lipinski definition) is 1. The van der Waals surface area contributed by atoms with Crippen LogP contribution in [-0.2, 0) is 0 Å². The highest BCUT2D eigenvalue weighted by Crippen LogP contribution is 2.38. The summed E-state index contributed by atoms with van der Waals surface area (Å²) in [6.07, 6.45) is -4.30. The molecule has 2 aromatic rings. The zero-order chi connectivity index (χ0) is 21.1. The molecule has 0 fully saturated rings. The fourth-order valence-corrected chi connectivity index (χ4v) is 2.51. The Morgan fingerprint density at radius 2 is 1.36 bits per heavy atom. The third-order valence-corrected chi connectivity index (χ3v) is 3.89. The molecule has 28 heavy (non-hydrogen) atoms. The predicted molar refractivity (Wildman–Crippen MR) is 86.3 cm³/mol. The lowest BCUT2D eigenvalue weighted by atomic mass is 9.94. The Bertz CT molecular complexity index is 827. The van der Waals surface area contributed by atoms with E-state index in [0.29, 0.717) is 24.5 Å². The standard InChI is InChI=1S/C19H14F8O/c1-2-28-11-8-6-10(7-9-11)13(19(25,26)27)5-3-4-12-14(20)16(22)18(24)17(23)15(12)21/h3-4,6-9,13H,2,5H2,1H3/b4-3-. The lowest BCUT2D eigenvalue weighted by molar-refractivity contribution is -0.149. The highest BCUT2D eigenvalue weighted by Gasteiger charge is 2.39. The molecule has 0 amide bonds. The van der Waals surface area contributed by atoms with E-state index in [4.69, 9.17) is 4.74 Å². The molecule has 0 aliphatic carbocycles. The van der Waals surface area contributed by atoms with E-state index in [9.17, 15) is 35.1 Å². The summed E-state index contributed by atoms with van der Waals surface area (Å²) in [7, 11) is 0. The van der Waals surface area contributed by atoms with Gasteiger partial charge in [0.25, 0.3) is 0 Å². The Hall–Kier alpha value is -2.58. The number of alkyl halides is 3. The Kier molecular flexibility index (Phi) is 6.69. The van der Waals surface area contributed by atoms with Gasteiger partial charge in [-0.05, 0) is 31.0 Å². The van der Waals surface area contributed by atoms with Gasteiger partial charge in [-0.1, -0.05) is 24.3 Å². The van der Waals surface area contributed by atoms with Crippen LogP contribution in [0.3, 0.4) is 0 Å². The average Bonchev–Trinajstić information content (AvgIpc) is 2.64. The van der Waals surface area contributed by atoms with E-state index in [0.717, 1.165) is 0 Å². The van der Waals surface area contributed by atoms with Crippen LogP contribution in [0.25, 0.3) is 6.08 Å². The second kappa shape index (κ2) is 8.62. The predicted octanol–water partition coefficient (Wildman–Crippen LogP) is 6.53. The van der Waals surface area contributed by atoms with Gasteiger partial charge in [-0.15, -0.1) is 0 Å². The van der Waals surface area contributed by atoms with Crippen molar-refractivity contribution in [3.8, 4) is 5.75 Å². The molecule has 0 aromatic heterocycles. The maximum atomic E-state index is 13.6. The third-order valence-electron chi connectivity index (χ3n) is 3.89. The molecular weight excluding hydrogens is 396 g/mol. The first kappa shape index (κ1) is 21.7. The minimum atomic E-state index is -4.70. The van der Waals surface area contributed by atoms with Crippen molar-refractivity contribution >= 4 is 6.08 Å². The topological polar surface area (TPSA) is 9.23 Å². The van der Waals surface area contributed by atoms with Gasteiger partial charge < -0.3 is 4.74 Å². The smallest absolute Gasteiger partial charge is 0.396 e. The molecule has 1 atom stereocenters. The summed E-state index contributed by atoms with van der Waals surface area (Å²) in [6.45, 7) is 2.03. The number of ether oxygens (including phenoxy) is 1. The minimum Gasteiger partial charge on any atom is -0.494 e. The molecule has 152 valence electrons. The third kappa shape index (κ3) is 4.63. The molecule has 0 saturated carbocycles. The second-order valence-corrected chi connectivity index (χ2v) is 5.72.